The number of benzene rings is 2. The topological polar surface area (TPSA) is 103 Å². The van der Waals surface area contributed by atoms with E-state index in [1.165, 1.54) is 40.3 Å². The molecule has 0 aliphatic rings. The van der Waals surface area contributed by atoms with Gasteiger partial charge < -0.3 is 5.32 Å². The number of carbonyl (C=O) groups is 1. The van der Waals surface area contributed by atoms with Gasteiger partial charge in [-0.25, -0.2) is 14.1 Å². The standard InChI is InChI=1S/C21H16FN5O3S/c1-12-11-18(26(25-12)16-7-9-17(10-8-16)27(29)30)24-20(28)19-13(2)23-21(31-19)14-3-5-15(22)6-4-14/h3-11H,1-2H3,(H,24,28). The Balaban J connectivity index is 1.61. The smallest absolute Gasteiger partial charge is 0.269 e. The average molecular weight is 437 g/mol. The van der Waals surface area contributed by atoms with Crippen molar-refractivity contribution in [3.8, 4) is 16.3 Å². The lowest BCUT2D eigenvalue weighted by Gasteiger charge is -2.08. The molecule has 2 heterocycles. The van der Waals surface area contributed by atoms with Gasteiger partial charge in [0.15, 0.2) is 0 Å². The van der Waals surface area contributed by atoms with Gasteiger partial charge in [0.1, 0.15) is 21.5 Å². The van der Waals surface area contributed by atoms with Crippen LogP contribution in [0.2, 0.25) is 0 Å². The van der Waals surface area contributed by atoms with Crippen molar-refractivity contribution in [1.29, 1.82) is 0 Å². The van der Waals surface area contributed by atoms with Gasteiger partial charge in [0.05, 0.1) is 22.0 Å². The average Bonchev–Trinajstić information content (AvgIpc) is 3.31. The van der Waals surface area contributed by atoms with Crippen molar-refractivity contribution in [2.24, 2.45) is 0 Å². The molecule has 4 rings (SSSR count). The van der Waals surface area contributed by atoms with Crippen molar-refractivity contribution in [2.45, 2.75) is 13.8 Å². The van der Waals surface area contributed by atoms with Crippen molar-refractivity contribution in [3.63, 3.8) is 0 Å². The second kappa shape index (κ2) is 8.07. The third kappa shape index (κ3) is 4.19. The zero-order valence-electron chi connectivity index (χ0n) is 16.5. The summed E-state index contributed by atoms with van der Waals surface area (Å²) < 4.78 is 14.7. The SMILES string of the molecule is Cc1cc(NC(=O)c2sc(-c3ccc(F)cc3)nc2C)n(-c2ccc([N+](=O)[O-])cc2)n1. The molecule has 0 atom stereocenters. The Labute approximate surface area is 180 Å². The normalized spacial score (nSPS) is 10.8. The van der Waals surface area contributed by atoms with Crippen LogP contribution in [0.5, 0.6) is 0 Å². The molecular formula is C21H16FN5O3S. The summed E-state index contributed by atoms with van der Waals surface area (Å²) in [7, 11) is 0. The lowest BCUT2D eigenvalue weighted by Crippen LogP contribution is -2.15. The zero-order chi connectivity index (χ0) is 22.1. The summed E-state index contributed by atoms with van der Waals surface area (Å²) >= 11 is 1.21. The summed E-state index contributed by atoms with van der Waals surface area (Å²) in [5.41, 5.74) is 2.48. The van der Waals surface area contributed by atoms with E-state index in [4.69, 9.17) is 0 Å². The fraction of sp³-hybridized carbons (Fsp3) is 0.0952. The molecule has 0 spiro atoms. The van der Waals surface area contributed by atoms with E-state index in [1.54, 1.807) is 44.2 Å². The summed E-state index contributed by atoms with van der Waals surface area (Å²) in [6.45, 7) is 3.51. The molecule has 0 aliphatic carbocycles. The first-order valence-electron chi connectivity index (χ1n) is 9.18. The number of halogens is 1. The number of hydrogen-bond acceptors (Lipinski definition) is 6. The minimum Gasteiger partial charge on any atom is -0.306 e. The molecule has 31 heavy (non-hydrogen) atoms. The molecule has 0 unspecified atom stereocenters. The fourth-order valence-corrected chi connectivity index (χ4v) is 3.96. The Morgan fingerprint density at radius 3 is 2.45 bits per heavy atom. The van der Waals surface area contributed by atoms with Crippen LogP contribution in [0.15, 0.2) is 54.6 Å². The number of rotatable bonds is 5. The van der Waals surface area contributed by atoms with Crippen LogP contribution in [0.3, 0.4) is 0 Å². The number of aryl methyl sites for hydroxylation is 2. The number of amides is 1. The molecule has 1 amide bonds. The molecule has 4 aromatic rings. The molecule has 0 fully saturated rings. The van der Waals surface area contributed by atoms with Crippen molar-refractivity contribution in [1.82, 2.24) is 14.8 Å². The number of aromatic nitrogens is 3. The first-order valence-corrected chi connectivity index (χ1v) is 9.99. The van der Waals surface area contributed by atoms with E-state index in [2.05, 4.69) is 15.4 Å². The van der Waals surface area contributed by atoms with E-state index < -0.39 is 4.92 Å². The van der Waals surface area contributed by atoms with Crippen LogP contribution in [-0.4, -0.2) is 25.6 Å². The molecular weight excluding hydrogens is 421 g/mol. The third-order valence-corrected chi connectivity index (χ3v) is 5.68. The molecule has 0 saturated heterocycles. The van der Waals surface area contributed by atoms with Gasteiger partial charge in [0, 0.05) is 23.8 Å². The van der Waals surface area contributed by atoms with Gasteiger partial charge in [-0.3, -0.25) is 14.9 Å². The molecule has 2 aromatic carbocycles. The number of non-ortho nitro benzene ring substituents is 1. The van der Waals surface area contributed by atoms with E-state index in [0.29, 0.717) is 32.8 Å². The maximum absolute atomic E-state index is 13.2. The second-order valence-electron chi connectivity index (χ2n) is 6.75. The lowest BCUT2D eigenvalue weighted by atomic mass is 10.2. The highest BCUT2D eigenvalue weighted by atomic mass is 32.1. The summed E-state index contributed by atoms with van der Waals surface area (Å²) in [4.78, 5) is 28.2. The largest absolute Gasteiger partial charge is 0.306 e. The first-order chi connectivity index (χ1) is 14.8. The molecule has 156 valence electrons. The van der Waals surface area contributed by atoms with Crippen LogP contribution in [0.1, 0.15) is 21.1 Å². The Kier molecular flexibility index (Phi) is 5.30. The Morgan fingerprint density at radius 2 is 1.81 bits per heavy atom. The van der Waals surface area contributed by atoms with Crippen LogP contribution in [0, 0.1) is 29.8 Å². The maximum Gasteiger partial charge on any atom is 0.269 e. The van der Waals surface area contributed by atoms with Gasteiger partial charge in [-0.05, 0) is 50.2 Å². The number of nitrogens with zero attached hydrogens (tertiary/aromatic N) is 4. The monoisotopic (exact) mass is 437 g/mol. The van der Waals surface area contributed by atoms with Crippen molar-refractivity contribution in [3.05, 3.63) is 86.8 Å². The van der Waals surface area contributed by atoms with E-state index >= 15 is 0 Å². The van der Waals surface area contributed by atoms with E-state index in [-0.39, 0.29) is 17.4 Å². The molecule has 2 aromatic heterocycles. The van der Waals surface area contributed by atoms with E-state index in [1.807, 2.05) is 0 Å². The minimum absolute atomic E-state index is 0.0354. The number of nitro groups is 1. The Hall–Kier alpha value is -3.92. The van der Waals surface area contributed by atoms with Gasteiger partial charge in [-0.1, -0.05) is 0 Å². The molecule has 8 nitrogen and oxygen atoms in total. The van der Waals surface area contributed by atoms with E-state index in [0.717, 1.165) is 5.56 Å². The summed E-state index contributed by atoms with van der Waals surface area (Å²) in [5.74, 6) is -0.274. The second-order valence-corrected chi connectivity index (χ2v) is 7.75. The zero-order valence-corrected chi connectivity index (χ0v) is 17.3. The highest BCUT2D eigenvalue weighted by molar-refractivity contribution is 7.17. The van der Waals surface area contributed by atoms with Crippen LogP contribution >= 0.6 is 11.3 Å². The van der Waals surface area contributed by atoms with Crippen LogP contribution in [0.4, 0.5) is 15.9 Å². The summed E-state index contributed by atoms with van der Waals surface area (Å²) in [5, 5.41) is 18.7. The van der Waals surface area contributed by atoms with Crippen LogP contribution < -0.4 is 5.32 Å². The van der Waals surface area contributed by atoms with Gasteiger partial charge in [0.2, 0.25) is 0 Å². The highest BCUT2D eigenvalue weighted by Crippen LogP contribution is 2.29. The number of nitro benzene ring substituents is 1. The molecule has 0 radical (unpaired) electrons. The lowest BCUT2D eigenvalue weighted by molar-refractivity contribution is -0.384. The highest BCUT2D eigenvalue weighted by Gasteiger charge is 2.19. The summed E-state index contributed by atoms with van der Waals surface area (Å²) in [6, 6.07) is 13.5. The third-order valence-electron chi connectivity index (χ3n) is 4.47. The Morgan fingerprint density at radius 1 is 1.13 bits per heavy atom. The first kappa shape index (κ1) is 20.4. The fourth-order valence-electron chi connectivity index (χ4n) is 3.00. The van der Waals surface area contributed by atoms with Crippen LogP contribution in [0.25, 0.3) is 16.3 Å². The van der Waals surface area contributed by atoms with Gasteiger partial charge in [0.25, 0.3) is 11.6 Å². The van der Waals surface area contributed by atoms with Gasteiger partial charge >= 0.3 is 0 Å². The molecule has 0 saturated carbocycles. The van der Waals surface area contributed by atoms with Crippen molar-refractivity contribution < 1.29 is 14.1 Å². The van der Waals surface area contributed by atoms with Gasteiger partial charge in [-0.2, -0.15) is 5.10 Å². The molecule has 0 bridgehead atoms. The van der Waals surface area contributed by atoms with Crippen LogP contribution in [-0.2, 0) is 0 Å². The number of hydrogen-bond donors (Lipinski definition) is 1. The quantitative estimate of drug-likeness (QED) is 0.353. The van der Waals surface area contributed by atoms with Gasteiger partial charge in [-0.15, -0.1) is 11.3 Å². The predicted molar refractivity (Wildman–Crippen MR) is 115 cm³/mol. The van der Waals surface area contributed by atoms with Crippen molar-refractivity contribution >= 4 is 28.7 Å². The molecule has 0 aliphatic heterocycles. The Bertz CT molecular complexity index is 1280. The number of thiazole rings is 1. The molecule has 10 heteroatoms. The molecule has 1 N–H and O–H groups in total. The summed E-state index contributed by atoms with van der Waals surface area (Å²) in [6.07, 6.45) is 0. The van der Waals surface area contributed by atoms with E-state index in [9.17, 15) is 19.3 Å². The number of carbonyl (C=O) groups excluding carboxylic acids is 1. The minimum atomic E-state index is -0.480. The number of anilines is 1. The number of nitrogens with one attached hydrogen (secondary N) is 1. The van der Waals surface area contributed by atoms with Crippen molar-refractivity contribution in [2.75, 3.05) is 5.32 Å². The maximum atomic E-state index is 13.2. The predicted octanol–water partition coefficient (Wildman–Crippen LogP) is 4.91.